The molecule has 0 atom stereocenters. The first-order valence-corrected chi connectivity index (χ1v) is 4.82. The average Bonchev–Trinajstić information content (AvgIpc) is 2.94. The maximum absolute atomic E-state index is 11.5. The molecule has 0 aliphatic heterocycles. The fourth-order valence-electron chi connectivity index (χ4n) is 1.25. The second-order valence-electron chi connectivity index (χ2n) is 3.29. The Morgan fingerprint density at radius 3 is 3.00 bits per heavy atom. The molecule has 2 rings (SSSR count). The van der Waals surface area contributed by atoms with E-state index >= 15 is 0 Å². The highest BCUT2D eigenvalue weighted by Crippen LogP contribution is 2.17. The standard InChI is InChI=1S/C10H10N4O3/c11-9(15)5-12-10(16)7-4-6(13-14-7)8-2-1-3-17-8/h1-4H,5H2,(H2,11,15)(H,12,16)(H,13,14). The van der Waals surface area contributed by atoms with Crippen LogP contribution in [0.5, 0.6) is 0 Å². The van der Waals surface area contributed by atoms with Gasteiger partial charge in [-0.1, -0.05) is 0 Å². The second-order valence-corrected chi connectivity index (χ2v) is 3.29. The first kappa shape index (κ1) is 10.9. The summed E-state index contributed by atoms with van der Waals surface area (Å²) in [6.07, 6.45) is 1.52. The molecule has 0 saturated heterocycles. The lowest BCUT2D eigenvalue weighted by atomic mass is 10.3. The Hall–Kier alpha value is -2.57. The molecule has 4 N–H and O–H groups in total. The van der Waals surface area contributed by atoms with E-state index in [9.17, 15) is 9.59 Å². The van der Waals surface area contributed by atoms with Gasteiger partial charge in [0.15, 0.2) is 11.5 Å². The number of aromatic nitrogens is 2. The van der Waals surface area contributed by atoms with Gasteiger partial charge in [0.1, 0.15) is 5.69 Å². The highest BCUT2D eigenvalue weighted by molar-refractivity contribution is 5.95. The van der Waals surface area contributed by atoms with Crippen LogP contribution in [0.15, 0.2) is 28.9 Å². The Morgan fingerprint density at radius 1 is 1.53 bits per heavy atom. The van der Waals surface area contributed by atoms with Crippen LogP contribution in [0.3, 0.4) is 0 Å². The van der Waals surface area contributed by atoms with Gasteiger partial charge < -0.3 is 15.5 Å². The summed E-state index contributed by atoms with van der Waals surface area (Å²) in [5.74, 6) is -0.510. The zero-order valence-corrected chi connectivity index (χ0v) is 8.77. The van der Waals surface area contributed by atoms with E-state index in [2.05, 4.69) is 15.5 Å². The van der Waals surface area contributed by atoms with Crippen molar-refractivity contribution in [2.24, 2.45) is 5.73 Å². The summed E-state index contributed by atoms with van der Waals surface area (Å²) in [7, 11) is 0. The van der Waals surface area contributed by atoms with Gasteiger partial charge >= 0.3 is 0 Å². The van der Waals surface area contributed by atoms with Crippen molar-refractivity contribution < 1.29 is 14.0 Å². The number of aromatic amines is 1. The molecule has 0 bridgehead atoms. The van der Waals surface area contributed by atoms with Crippen LogP contribution in [0.1, 0.15) is 10.5 Å². The Kier molecular flexibility index (Phi) is 2.91. The summed E-state index contributed by atoms with van der Waals surface area (Å²) in [6, 6.07) is 4.98. The lowest BCUT2D eigenvalue weighted by Crippen LogP contribution is -2.33. The number of hydrogen-bond donors (Lipinski definition) is 3. The molecule has 0 unspecified atom stereocenters. The zero-order chi connectivity index (χ0) is 12.3. The molecule has 0 aromatic carbocycles. The maximum atomic E-state index is 11.5. The molecule has 0 aliphatic carbocycles. The fraction of sp³-hybridized carbons (Fsp3) is 0.100. The lowest BCUT2D eigenvalue weighted by molar-refractivity contribution is -0.117. The number of nitrogens with two attached hydrogens (primary N) is 1. The summed E-state index contributed by atoms with van der Waals surface area (Å²) >= 11 is 0. The molecule has 2 amide bonds. The summed E-state index contributed by atoms with van der Waals surface area (Å²) < 4.78 is 5.13. The van der Waals surface area contributed by atoms with E-state index < -0.39 is 11.8 Å². The van der Waals surface area contributed by atoms with Crippen molar-refractivity contribution in [2.45, 2.75) is 0 Å². The number of nitrogens with zero attached hydrogens (tertiary/aromatic N) is 1. The molecule has 0 fully saturated rings. The molecule has 88 valence electrons. The number of hydrogen-bond acceptors (Lipinski definition) is 4. The maximum Gasteiger partial charge on any atom is 0.272 e. The molecule has 0 radical (unpaired) electrons. The number of amides is 2. The monoisotopic (exact) mass is 234 g/mol. The zero-order valence-electron chi connectivity index (χ0n) is 8.77. The predicted octanol–water partition coefficient (Wildman–Crippen LogP) is -0.115. The van der Waals surface area contributed by atoms with Crippen LogP contribution in [0, 0.1) is 0 Å². The molecular formula is C10H10N4O3. The number of primary amides is 1. The average molecular weight is 234 g/mol. The first-order valence-electron chi connectivity index (χ1n) is 4.82. The van der Waals surface area contributed by atoms with Crippen LogP contribution in [-0.2, 0) is 4.79 Å². The van der Waals surface area contributed by atoms with Crippen molar-refractivity contribution in [3.8, 4) is 11.5 Å². The number of furan rings is 1. The molecule has 2 aromatic heterocycles. The van der Waals surface area contributed by atoms with E-state index in [0.29, 0.717) is 11.5 Å². The van der Waals surface area contributed by atoms with Gasteiger partial charge in [0.25, 0.3) is 5.91 Å². The highest BCUT2D eigenvalue weighted by Gasteiger charge is 2.12. The van der Waals surface area contributed by atoms with E-state index in [0.717, 1.165) is 0 Å². The third-order valence-corrected chi connectivity index (χ3v) is 2.02. The van der Waals surface area contributed by atoms with Crippen LogP contribution < -0.4 is 11.1 Å². The van der Waals surface area contributed by atoms with Crippen molar-refractivity contribution in [3.63, 3.8) is 0 Å². The van der Waals surface area contributed by atoms with Gasteiger partial charge in [-0.05, 0) is 12.1 Å². The SMILES string of the molecule is NC(=O)CNC(=O)c1cc(-c2ccco2)[nH]n1. The van der Waals surface area contributed by atoms with Crippen LogP contribution in [0.2, 0.25) is 0 Å². The minimum Gasteiger partial charge on any atom is -0.463 e. The molecular weight excluding hydrogens is 224 g/mol. The fourth-order valence-corrected chi connectivity index (χ4v) is 1.25. The quantitative estimate of drug-likeness (QED) is 0.684. The van der Waals surface area contributed by atoms with Gasteiger partial charge in [-0.15, -0.1) is 0 Å². The van der Waals surface area contributed by atoms with E-state index in [1.807, 2.05) is 0 Å². The largest absolute Gasteiger partial charge is 0.463 e. The van der Waals surface area contributed by atoms with Crippen LogP contribution in [-0.4, -0.2) is 28.6 Å². The van der Waals surface area contributed by atoms with Gasteiger partial charge in [0, 0.05) is 6.07 Å². The van der Waals surface area contributed by atoms with E-state index in [-0.39, 0.29) is 12.2 Å². The van der Waals surface area contributed by atoms with Crippen molar-refractivity contribution in [3.05, 3.63) is 30.2 Å². The molecule has 0 spiro atoms. The van der Waals surface area contributed by atoms with Gasteiger partial charge in [-0.25, -0.2) is 0 Å². The lowest BCUT2D eigenvalue weighted by Gasteiger charge is -1.97. The molecule has 2 aromatic rings. The van der Waals surface area contributed by atoms with Crippen LogP contribution >= 0.6 is 0 Å². The number of rotatable bonds is 4. The van der Waals surface area contributed by atoms with Crippen molar-refractivity contribution in [1.82, 2.24) is 15.5 Å². The molecule has 2 heterocycles. The number of H-pyrrole nitrogens is 1. The molecule has 17 heavy (non-hydrogen) atoms. The number of carbonyl (C=O) groups is 2. The highest BCUT2D eigenvalue weighted by atomic mass is 16.3. The second kappa shape index (κ2) is 4.52. The summed E-state index contributed by atoms with van der Waals surface area (Å²) in [4.78, 5) is 22.0. The molecule has 0 aliphatic rings. The summed E-state index contributed by atoms with van der Waals surface area (Å²) in [6.45, 7) is -0.220. The molecule has 7 heteroatoms. The van der Waals surface area contributed by atoms with Crippen LogP contribution in [0.25, 0.3) is 11.5 Å². The summed E-state index contributed by atoms with van der Waals surface area (Å²) in [5, 5.41) is 8.79. The van der Waals surface area contributed by atoms with Gasteiger partial charge in [-0.3, -0.25) is 14.7 Å². The minimum absolute atomic E-state index is 0.164. The first-order chi connectivity index (χ1) is 8.16. The Labute approximate surface area is 96.0 Å². The van der Waals surface area contributed by atoms with Gasteiger partial charge in [0.2, 0.25) is 5.91 Å². The predicted molar refractivity (Wildman–Crippen MR) is 57.8 cm³/mol. The Bertz CT molecular complexity index is 530. The smallest absolute Gasteiger partial charge is 0.272 e. The summed E-state index contributed by atoms with van der Waals surface area (Å²) in [5.41, 5.74) is 5.65. The van der Waals surface area contributed by atoms with Crippen molar-refractivity contribution in [2.75, 3.05) is 6.54 Å². The number of nitrogens with one attached hydrogen (secondary N) is 2. The topological polar surface area (TPSA) is 114 Å². The third kappa shape index (κ3) is 2.51. The molecule has 0 saturated carbocycles. The molecule has 7 nitrogen and oxygen atoms in total. The van der Waals surface area contributed by atoms with Crippen molar-refractivity contribution in [1.29, 1.82) is 0 Å². The van der Waals surface area contributed by atoms with Crippen molar-refractivity contribution >= 4 is 11.8 Å². The van der Waals surface area contributed by atoms with E-state index in [1.54, 1.807) is 12.1 Å². The van der Waals surface area contributed by atoms with Gasteiger partial charge in [-0.2, -0.15) is 5.10 Å². The van der Waals surface area contributed by atoms with E-state index in [1.165, 1.54) is 12.3 Å². The Morgan fingerprint density at radius 2 is 2.35 bits per heavy atom. The van der Waals surface area contributed by atoms with Crippen LogP contribution in [0.4, 0.5) is 0 Å². The minimum atomic E-state index is -0.611. The number of carbonyl (C=O) groups excluding carboxylic acids is 2. The Balaban J connectivity index is 2.08. The third-order valence-electron chi connectivity index (χ3n) is 2.02. The van der Waals surface area contributed by atoms with E-state index in [4.69, 9.17) is 10.2 Å². The van der Waals surface area contributed by atoms with Gasteiger partial charge in [0.05, 0.1) is 12.8 Å². The normalized spacial score (nSPS) is 10.1.